The molecule has 2 aromatic heterocycles. The number of nitrogens with zero attached hydrogens (tertiary/aromatic N) is 5. The summed E-state index contributed by atoms with van der Waals surface area (Å²) < 4.78 is 3.88. The molecule has 0 unspecified atom stereocenters. The van der Waals surface area contributed by atoms with Crippen LogP contribution in [0.3, 0.4) is 0 Å². The average molecular weight is 398 g/mol. The minimum absolute atomic E-state index is 0.288. The average Bonchev–Trinajstić information content (AvgIpc) is 3.02. The number of nitrogens with two attached hydrogens (primary N) is 1. The van der Waals surface area contributed by atoms with E-state index in [-0.39, 0.29) is 11.3 Å². The summed E-state index contributed by atoms with van der Waals surface area (Å²) >= 11 is 1.44. The summed E-state index contributed by atoms with van der Waals surface area (Å²) in [4.78, 5) is 29.8. The quantitative estimate of drug-likeness (QED) is 0.646. The topological polar surface area (TPSA) is 112 Å². The molecule has 2 heterocycles. The molecule has 0 amide bonds. The number of hydrogen-bond donors (Lipinski definition) is 1. The third-order valence-corrected chi connectivity index (χ3v) is 5.85. The molecule has 3 rings (SSSR count). The highest BCUT2D eigenvalue weighted by Gasteiger charge is 2.25. The molecule has 0 radical (unpaired) electrons. The van der Waals surface area contributed by atoms with Crippen molar-refractivity contribution >= 4 is 22.9 Å². The van der Waals surface area contributed by atoms with E-state index in [1.54, 1.807) is 23.7 Å². The van der Waals surface area contributed by atoms with E-state index < -0.39 is 11.2 Å². The molecule has 0 aliphatic carbocycles. The molecule has 0 aliphatic rings. The number of thioether (sulfide) groups is 1. The summed E-state index contributed by atoms with van der Waals surface area (Å²) in [6, 6.07) is 9.41. The molecule has 0 saturated carbocycles. The van der Waals surface area contributed by atoms with Gasteiger partial charge in [0.05, 0.1) is 18.2 Å². The molecule has 0 bridgehead atoms. The van der Waals surface area contributed by atoms with Crippen LogP contribution in [0.4, 0.5) is 0 Å². The van der Waals surface area contributed by atoms with Gasteiger partial charge in [-0.05, 0) is 25.5 Å². The van der Waals surface area contributed by atoms with E-state index in [0.717, 1.165) is 10.1 Å². The number of nitriles is 1. The maximum absolute atomic E-state index is 12.9. The van der Waals surface area contributed by atoms with Crippen LogP contribution in [0.25, 0.3) is 11.2 Å². The number of imidazole rings is 1. The molecule has 1 aromatic carbocycles. The highest BCUT2D eigenvalue weighted by molar-refractivity contribution is 8.00. The van der Waals surface area contributed by atoms with Crippen molar-refractivity contribution in [3.63, 3.8) is 0 Å². The van der Waals surface area contributed by atoms with E-state index in [1.807, 2.05) is 26.0 Å². The lowest BCUT2D eigenvalue weighted by Gasteiger charge is -2.21. The van der Waals surface area contributed by atoms with Gasteiger partial charge >= 0.3 is 5.69 Å². The fourth-order valence-corrected chi connectivity index (χ4v) is 3.85. The Kier molecular flexibility index (Phi) is 5.19. The molecule has 0 fully saturated rings. The van der Waals surface area contributed by atoms with Gasteiger partial charge in [-0.1, -0.05) is 30.0 Å². The van der Waals surface area contributed by atoms with Gasteiger partial charge in [0, 0.05) is 25.4 Å². The zero-order chi connectivity index (χ0) is 20.6. The molecular weight excluding hydrogens is 376 g/mol. The Morgan fingerprint density at radius 1 is 1.21 bits per heavy atom. The Balaban J connectivity index is 2.33. The van der Waals surface area contributed by atoms with Crippen LogP contribution in [0.1, 0.15) is 25.0 Å². The lowest BCUT2D eigenvalue weighted by Crippen LogP contribution is -2.37. The fourth-order valence-electron chi connectivity index (χ4n) is 2.88. The number of fused-ring (bicyclic) bond motifs is 1. The van der Waals surface area contributed by atoms with Crippen LogP contribution in [0, 0.1) is 11.3 Å². The van der Waals surface area contributed by atoms with Gasteiger partial charge in [-0.15, -0.1) is 0 Å². The summed E-state index contributed by atoms with van der Waals surface area (Å²) in [7, 11) is 3.04. The van der Waals surface area contributed by atoms with Crippen LogP contribution in [0.2, 0.25) is 0 Å². The highest BCUT2D eigenvalue weighted by Crippen LogP contribution is 2.33. The van der Waals surface area contributed by atoms with Crippen molar-refractivity contribution in [3.05, 3.63) is 56.2 Å². The Morgan fingerprint density at radius 3 is 2.54 bits per heavy atom. The monoisotopic (exact) mass is 398 g/mol. The van der Waals surface area contributed by atoms with Gasteiger partial charge in [-0.2, -0.15) is 5.26 Å². The summed E-state index contributed by atoms with van der Waals surface area (Å²) in [5, 5.41) is 10.0. The van der Waals surface area contributed by atoms with Crippen molar-refractivity contribution in [1.29, 1.82) is 5.26 Å². The van der Waals surface area contributed by atoms with E-state index in [2.05, 4.69) is 11.1 Å². The van der Waals surface area contributed by atoms with Crippen LogP contribution in [-0.4, -0.2) is 30.0 Å². The lowest BCUT2D eigenvalue weighted by molar-refractivity contribution is 0.684. The van der Waals surface area contributed by atoms with Crippen LogP contribution >= 0.6 is 11.8 Å². The smallest absolute Gasteiger partial charge is 0.329 e. The molecular formula is C19H22N6O2S. The van der Waals surface area contributed by atoms with Crippen molar-refractivity contribution in [2.75, 3.05) is 6.54 Å². The number of aromatic nitrogens is 4. The third-order valence-electron chi connectivity index (χ3n) is 4.64. The first-order valence-corrected chi connectivity index (χ1v) is 9.55. The molecule has 8 nitrogen and oxygen atoms in total. The maximum Gasteiger partial charge on any atom is 0.332 e. The van der Waals surface area contributed by atoms with Crippen molar-refractivity contribution in [3.8, 4) is 6.07 Å². The number of aryl methyl sites for hydroxylation is 1. The van der Waals surface area contributed by atoms with Gasteiger partial charge in [0.25, 0.3) is 5.56 Å². The molecule has 146 valence electrons. The van der Waals surface area contributed by atoms with Gasteiger partial charge in [-0.3, -0.25) is 13.9 Å². The van der Waals surface area contributed by atoms with Gasteiger partial charge in [-0.25, -0.2) is 9.78 Å². The van der Waals surface area contributed by atoms with Gasteiger partial charge in [0.15, 0.2) is 16.3 Å². The minimum Gasteiger partial charge on any atom is -0.329 e. The molecule has 0 saturated heterocycles. The summed E-state index contributed by atoms with van der Waals surface area (Å²) in [6.07, 6.45) is 0. The lowest BCUT2D eigenvalue weighted by atomic mass is 10.1. The summed E-state index contributed by atoms with van der Waals surface area (Å²) in [5.74, 6) is 0. The van der Waals surface area contributed by atoms with Crippen LogP contribution in [0.5, 0.6) is 0 Å². The van der Waals surface area contributed by atoms with E-state index in [9.17, 15) is 14.9 Å². The predicted molar refractivity (Wildman–Crippen MR) is 109 cm³/mol. The first kappa shape index (κ1) is 19.9. The predicted octanol–water partition coefficient (Wildman–Crippen LogP) is 1.18. The van der Waals surface area contributed by atoms with Gasteiger partial charge in [0.2, 0.25) is 0 Å². The largest absolute Gasteiger partial charge is 0.332 e. The second-order valence-corrected chi connectivity index (χ2v) is 8.87. The normalized spacial score (nSPS) is 11.7. The molecule has 9 heteroatoms. The first-order chi connectivity index (χ1) is 13.2. The second-order valence-electron chi connectivity index (χ2n) is 7.19. The van der Waals surface area contributed by atoms with Crippen molar-refractivity contribution in [2.45, 2.75) is 30.3 Å². The van der Waals surface area contributed by atoms with E-state index in [0.29, 0.717) is 28.4 Å². The molecule has 2 N–H and O–H groups in total. The van der Waals surface area contributed by atoms with Gasteiger partial charge < -0.3 is 10.3 Å². The Bertz CT molecular complexity index is 1210. The van der Waals surface area contributed by atoms with Crippen LogP contribution in [0.15, 0.2) is 39.0 Å². The highest BCUT2D eigenvalue weighted by atomic mass is 32.2. The number of rotatable bonds is 5. The Labute approximate surface area is 166 Å². The first-order valence-electron chi connectivity index (χ1n) is 8.73. The Hall–Kier alpha value is -2.83. The number of benzene rings is 1. The zero-order valence-electron chi connectivity index (χ0n) is 16.3. The van der Waals surface area contributed by atoms with E-state index >= 15 is 0 Å². The minimum atomic E-state index is -0.436. The molecule has 3 aromatic rings. The standard InChI is InChI=1S/C19H22N6O2S/c1-19(2,11-21)28-17-22-15-14(16(26)24(4)18(27)23(15)3)25(17)10-13-8-6-5-7-12(13)9-20/h5-8H,10-11,21H2,1-4H3. The summed E-state index contributed by atoms with van der Waals surface area (Å²) in [6.45, 7) is 4.67. The van der Waals surface area contributed by atoms with E-state index in [4.69, 9.17) is 5.73 Å². The SMILES string of the molecule is Cn1c(=O)c2c(nc(SC(C)(C)CN)n2Cc2ccccc2C#N)n(C)c1=O. The van der Waals surface area contributed by atoms with E-state index in [1.165, 1.54) is 23.4 Å². The Morgan fingerprint density at radius 2 is 1.89 bits per heavy atom. The van der Waals surface area contributed by atoms with Crippen molar-refractivity contribution in [1.82, 2.24) is 18.7 Å². The van der Waals surface area contributed by atoms with Gasteiger partial charge in [0.1, 0.15) is 0 Å². The van der Waals surface area contributed by atoms with Crippen LogP contribution < -0.4 is 17.0 Å². The number of hydrogen-bond acceptors (Lipinski definition) is 6. The zero-order valence-corrected chi connectivity index (χ0v) is 17.1. The van der Waals surface area contributed by atoms with Crippen molar-refractivity contribution in [2.24, 2.45) is 19.8 Å². The fraction of sp³-hybridized carbons (Fsp3) is 0.368. The second kappa shape index (κ2) is 7.30. The maximum atomic E-state index is 12.9. The molecule has 28 heavy (non-hydrogen) atoms. The molecule has 0 spiro atoms. The third kappa shape index (κ3) is 3.37. The molecule has 0 aliphatic heterocycles. The molecule has 0 atom stereocenters. The van der Waals surface area contributed by atoms with Crippen molar-refractivity contribution < 1.29 is 0 Å². The summed E-state index contributed by atoms with van der Waals surface area (Å²) in [5.41, 5.74) is 6.97. The van der Waals surface area contributed by atoms with Crippen LogP contribution in [-0.2, 0) is 20.6 Å².